The summed E-state index contributed by atoms with van der Waals surface area (Å²) in [7, 11) is 1.01. The van der Waals surface area contributed by atoms with Gasteiger partial charge in [-0.3, -0.25) is 5.43 Å². The van der Waals surface area contributed by atoms with Gasteiger partial charge in [-0.2, -0.15) is 23.5 Å². The highest BCUT2D eigenvalue weighted by Gasteiger charge is 2.33. The van der Waals surface area contributed by atoms with Crippen LogP contribution in [-0.4, -0.2) is 18.8 Å². The second-order valence-electron chi connectivity index (χ2n) is 3.36. The molecule has 0 amide bonds. The van der Waals surface area contributed by atoms with Crippen molar-refractivity contribution < 1.29 is 22.7 Å². The second kappa shape index (κ2) is 6.25. The summed E-state index contributed by atoms with van der Waals surface area (Å²) in [6.07, 6.45) is -4.67. The highest BCUT2D eigenvalue weighted by molar-refractivity contribution is 6.43. The topological polar surface area (TPSA) is 74.5 Å². The van der Waals surface area contributed by atoms with Gasteiger partial charge in [-0.15, -0.1) is 0 Å². The number of hydrogen-bond donors (Lipinski definition) is 1. The molecule has 106 valence electrons. The maximum Gasteiger partial charge on any atom is 0.418 e. The van der Waals surface area contributed by atoms with Gasteiger partial charge >= 0.3 is 12.1 Å². The van der Waals surface area contributed by atoms with Gasteiger partial charge in [-0.25, -0.2) is 4.79 Å². The molecule has 0 fully saturated rings. The summed E-state index contributed by atoms with van der Waals surface area (Å²) in [5.74, 6) is -1.07. The van der Waals surface area contributed by atoms with Crippen molar-refractivity contribution in [1.82, 2.24) is 0 Å². The number of nitrogens with one attached hydrogen (secondary N) is 1. The molecule has 1 aromatic carbocycles. The largest absolute Gasteiger partial charge is 0.464 e. The summed E-state index contributed by atoms with van der Waals surface area (Å²) in [6, 6.07) is 4.33. The Morgan fingerprint density at radius 2 is 2.15 bits per heavy atom. The standard InChI is InChI=1S/C11H7ClF3N3O2/c1-20-10(19)9(5-16)18-17-8-3-2-6(12)4-7(8)11(13,14)15/h2-4,17H,1H3/b18-9-. The number of methoxy groups -OCH3 is 1. The first-order valence-electron chi connectivity index (χ1n) is 4.98. The quantitative estimate of drug-likeness (QED) is 0.529. The fourth-order valence-corrected chi connectivity index (χ4v) is 1.35. The maximum absolute atomic E-state index is 12.8. The zero-order valence-electron chi connectivity index (χ0n) is 9.95. The molecule has 0 unspecified atom stereocenters. The third-order valence-corrected chi connectivity index (χ3v) is 2.29. The molecule has 0 atom stereocenters. The van der Waals surface area contributed by atoms with Crippen LogP contribution in [0.25, 0.3) is 0 Å². The Kier molecular flexibility index (Phi) is 4.94. The molecule has 0 bridgehead atoms. The summed E-state index contributed by atoms with van der Waals surface area (Å²) in [5.41, 5.74) is -0.232. The Hall–Kier alpha value is -2.27. The van der Waals surface area contributed by atoms with Gasteiger partial charge < -0.3 is 4.74 Å². The summed E-state index contributed by atoms with van der Waals surface area (Å²) in [5, 5.41) is 11.8. The molecule has 9 heteroatoms. The summed E-state index contributed by atoms with van der Waals surface area (Å²) in [6.45, 7) is 0. The van der Waals surface area contributed by atoms with E-state index in [1.54, 1.807) is 0 Å². The lowest BCUT2D eigenvalue weighted by Gasteiger charge is -2.12. The predicted octanol–water partition coefficient (Wildman–Crippen LogP) is 2.82. The van der Waals surface area contributed by atoms with Crippen LogP contribution < -0.4 is 5.43 Å². The smallest absolute Gasteiger partial charge is 0.418 e. The van der Waals surface area contributed by atoms with Crippen molar-refractivity contribution in [2.45, 2.75) is 6.18 Å². The predicted molar refractivity (Wildman–Crippen MR) is 65.1 cm³/mol. The lowest BCUT2D eigenvalue weighted by molar-refractivity contribution is -0.137. The Balaban J connectivity index is 3.14. The van der Waals surface area contributed by atoms with E-state index in [4.69, 9.17) is 16.9 Å². The molecular weight excluding hydrogens is 299 g/mol. The van der Waals surface area contributed by atoms with Crippen LogP contribution in [0.4, 0.5) is 18.9 Å². The Morgan fingerprint density at radius 1 is 1.50 bits per heavy atom. The summed E-state index contributed by atoms with van der Waals surface area (Å²) < 4.78 is 42.5. The van der Waals surface area contributed by atoms with Gasteiger partial charge in [0, 0.05) is 5.02 Å². The van der Waals surface area contributed by atoms with E-state index < -0.39 is 29.1 Å². The van der Waals surface area contributed by atoms with E-state index in [2.05, 4.69) is 9.84 Å². The van der Waals surface area contributed by atoms with Gasteiger partial charge in [-0.1, -0.05) is 11.6 Å². The molecule has 0 saturated heterocycles. The number of nitrogens with zero attached hydrogens (tertiary/aromatic N) is 2. The van der Waals surface area contributed by atoms with E-state index >= 15 is 0 Å². The zero-order chi connectivity index (χ0) is 15.3. The molecule has 5 nitrogen and oxygen atoms in total. The number of hydrogen-bond acceptors (Lipinski definition) is 5. The molecule has 1 N–H and O–H groups in total. The normalized spacial score (nSPS) is 11.7. The summed E-state index contributed by atoms with van der Waals surface area (Å²) in [4.78, 5) is 11.0. The van der Waals surface area contributed by atoms with Crippen molar-refractivity contribution in [3.05, 3.63) is 28.8 Å². The van der Waals surface area contributed by atoms with Gasteiger partial charge in [0.2, 0.25) is 5.71 Å². The van der Waals surface area contributed by atoms with Crippen LogP contribution in [0.1, 0.15) is 5.56 Å². The molecule has 1 aromatic rings. The van der Waals surface area contributed by atoms with Crippen molar-refractivity contribution in [2.24, 2.45) is 5.10 Å². The van der Waals surface area contributed by atoms with Crippen molar-refractivity contribution in [2.75, 3.05) is 12.5 Å². The zero-order valence-corrected chi connectivity index (χ0v) is 10.7. The number of carbonyl (C=O) groups excluding carboxylic acids is 1. The highest BCUT2D eigenvalue weighted by atomic mass is 35.5. The molecule has 0 radical (unpaired) electrons. The van der Waals surface area contributed by atoms with Crippen LogP contribution in [0, 0.1) is 11.3 Å². The van der Waals surface area contributed by atoms with Crippen LogP contribution in [0.3, 0.4) is 0 Å². The first-order valence-corrected chi connectivity index (χ1v) is 5.36. The number of alkyl halides is 3. The Morgan fingerprint density at radius 3 is 2.65 bits per heavy atom. The number of ether oxygens (including phenoxy) is 1. The number of nitriles is 1. The number of rotatable bonds is 3. The first kappa shape index (κ1) is 15.8. The Bertz CT molecular complexity index is 594. The third-order valence-electron chi connectivity index (χ3n) is 2.06. The van der Waals surface area contributed by atoms with Crippen molar-refractivity contribution >= 4 is 29.0 Å². The van der Waals surface area contributed by atoms with Gasteiger partial charge in [0.05, 0.1) is 18.4 Å². The molecule has 0 aliphatic heterocycles. The van der Waals surface area contributed by atoms with E-state index in [1.165, 1.54) is 12.1 Å². The average Bonchev–Trinajstić information content (AvgIpc) is 2.39. The van der Waals surface area contributed by atoms with Crippen LogP contribution in [0.15, 0.2) is 23.3 Å². The fraction of sp³-hybridized carbons (Fsp3) is 0.182. The monoisotopic (exact) mass is 305 g/mol. The molecule has 0 spiro atoms. The number of anilines is 1. The number of halogens is 4. The second-order valence-corrected chi connectivity index (χ2v) is 3.80. The van der Waals surface area contributed by atoms with Gasteiger partial charge in [0.1, 0.15) is 6.07 Å². The minimum atomic E-state index is -4.67. The van der Waals surface area contributed by atoms with E-state index in [9.17, 15) is 18.0 Å². The lowest BCUT2D eigenvalue weighted by Crippen LogP contribution is -2.16. The highest BCUT2D eigenvalue weighted by Crippen LogP contribution is 2.36. The minimum Gasteiger partial charge on any atom is -0.464 e. The minimum absolute atomic E-state index is 0.111. The molecule has 0 saturated carbocycles. The van der Waals surface area contributed by atoms with Crippen LogP contribution in [0.2, 0.25) is 5.02 Å². The summed E-state index contributed by atoms with van der Waals surface area (Å²) >= 11 is 5.50. The maximum atomic E-state index is 12.8. The van der Waals surface area contributed by atoms with Crippen molar-refractivity contribution in [1.29, 1.82) is 5.26 Å². The van der Waals surface area contributed by atoms with E-state index in [-0.39, 0.29) is 5.02 Å². The van der Waals surface area contributed by atoms with Gasteiger partial charge in [0.25, 0.3) is 0 Å². The average molecular weight is 306 g/mol. The van der Waals surface area contributed by atoms with Crippen LogP contribution in [0.5, 0.6) is 0 Å². The SMILES string of the molecule is COC(=O)/C(C#N)=N\Nc1ccc(Cl)cc1C(F)(F)F. The van der Waals surface area contributed by atoms with E-state index in [1.807, 2.05) is 5.43 Å². The number of hydrazone groups is 1. The lowest BCUT2D eigenvalue weighted by atomic mass is 10.2. The van der Waals surface area contributed by atoms with Crippen molar-refractivity contribution in [3.8, 4) is 6.07 Å². The molecule has 20 heavy (non-hydrogen) atoms. The molecule has 0 heterocycles. The molecule has 1 rings (SSSR count). The third kappa shape index (κ3) is 3.86. The molecule has 0 aromatic heterocycles. The number of esters is 1. The van der Waals surface area contributed by atoms with E-state index in [0.29, 0.717) is 6.07 Å². The van der Waals surface area contributed by atoms with Gasteiger partial charge in [0.15, 0.2) is 0 Å². The number of benzene rings is 1. The molecule has 0 aliphatic carbocycles. The van der Waals surface area contributed by atoms with Gasteiger partial charge in [-0.05, 0) is 18.2 Å². The van der Waals surface area contributed by atoms with E-state index in [0.717, 1.165) is 13.2 Å². The fourth-order valence-electron chi connectivity index (χ4n) is 1.18. The Labute approximate surface area is 116 Å². The first-order chi connectivity index (χ1) is 9.29. The molecule has 0 aliphatic rings. The number of carbonyl (C=O) groups is 1. The van der Waals surface area contributed by atoms with Crippen LogP contribution in [-0.2, 0) is 15.7 Å². The van der Waals surface area contributed by atoms with Crippen molar-refractivity contribution in [3.63, 3.8) is 0 Å². The molecular formula is C11H7ClF3N3O2. The van der Waals surface area contributed by atoms with Crippen LogP contribution >= 0.6 is 11.6 Å².